The summed E-state index contributed by atoms with van der Waals surface area (Å²) in [6.07, 6.45) is -1.35. The fourth-order valence-corrected chi connectivity index (χ4v) is 2.29. The molecule has 0 aliphatic heterocycles. The van der Waals surface area contributed by atoms with Crippen LogP contribution in [0.1, 0.15) is 37.9 Å². The van der Waals surface area contributed by atoms with Gasteiger partial charge in [-0.3, -0.25) is 0 Å². The minimum atomic E-state index is -4.43. The largest absolute Gasteiger partial charge is 0.433 e. The molecule has 1 aromatic carbocycles. The zero-order valence-corrected chi connectivity index (χ0v) is 12.2. The average molecular weight is 296 g/mol. The minimum Gasteiger partial charge on any atom is -0.385 e. The Morgan fingerprint density at radius 3 is 2.52 bits per heavy atom. The van der Waals surface area contributed by atoms with E-state index in [1.807, 2.05) is 19.1 Å². The van der Waals surface area contributed by atoms with E-state index in [0.29, 0.717) is 17.7 Å². The molecule has 0 atom stereocenters. The summed E-state index contributed by atoms with van der Waals surface area (Å²) in [4.78, 5) is 3.75. The van der Waals surface area contributed by atoms with E-state index in [9.17, 15) is 13.2 Å². The second-order valence-corrected chi connectivity index (χ2v) is 5.04. The van der Waals surface area contributed by atoms with Gasteiger partial charge in [-0.05, 0) is 43.5 Å². The third-order valence-corrected chi connectivity index (χ3v) is 3.35. The van der Waals surface area contributed by atoms with E-state index < -0.39 is 11.9 Å². The molecule has 0 bridgehead atoms. The van der Waals surface area contributed by atoms with E-state index in [4.69, 9.17) is 0 Å². The van der Waals surface area contributed by atoms with Crippen molar-refractivity contribution in [2.45, 2.75) is 39.3 Å². The van der Waals surface area contributed by atoms with Gasteiger partial charge in [-0.2, -0.15) is 13.2 Å². The molecule has 0 saturated carbocycles. The summed E-state index contributed by atoms with van der Waals surface area (Å²) >= 11 is 0. The second-order valence-electron chi connectivity index (χ2n) is 5.04. The Kier molecular flexibility index (Phi) is 4.70. The topological polar surface area (TPSA) is 24.9 Å². The first kappa shape index (κ1) is 15.6. The number of benzene rings is 1. The lowest BCUT2D eigenvalue weighted by atomic mass is 10.0. The fourth-order valence-electron chi connectivity index (χ4n) is 2.29. The van der Waals surface area contributed by atoms with E-state index in [1.54, 1.807) is 6.07 Å². The van der Waals surface area contributed by atoms with E-state index in [-0.39, 0.29) is 0 Å². The first-order valence-electron chi connectivity index (χ1n) is 7.20. The number of aromatic nitrogens is 1. The number of unbranched alkanes of at least 4 members (excludes halogenated alkanes) is 1. The van der Waals surface area contributed by atoms with Gasteiger partial charge in [0.15, 0.2) is 0 Å². The molecule has 2 nitrogen and oxygen atoms in total. The van der Waals surface area contributed by atoms with Gasteiger partial charge in [0, 0.05) is 17.6 Å². The maximum atomic E-state index is 12.9. The van der Waals surface area contributed by atoms with Gasteiger partial charge < -0.3 is 5.32 Å². The van der Waals surface area contributed by atoms with Gasteiger partial charge >= 0.3 is 6.18 Å². The van der Waals surface area contributed by atoms with E-state index in [0.717, 1.165) is 36.3 Å². The SMILES string of the molecule is CCCCc1ccc2nc(C(F)(F)F)cc(NCC)c2c1. The molecule has 2 rings (SSSR count). The maximum Gasteiger partial charge on any atom is 0.433 e. The number of rotatable bonds is 5. The molecule has 0 amide bonds. The lowest BCUT2D eigenvalue weighted by Gasteiger charge is -2.13. The highest BCUT2D eigenvalue weighted by molar-refractivity contribution is 5.92. The highest BCUT2D eigenvalue weighted by atomic mass is 19.4. The standard InChI is InChI=1S/C16H19F3N2/c1-3-5-6-11-7-8-13-12(9-11)14(20-4-2)10-15(21-13)16(17,18)19/h7-10H,3-6H2,1-2H3,(H,20,21). The van der Waals surface area contributed by atoms with Crippen molar-refractivity contribution in [3.63, 3.8) is 0 Å². The Bertz CT molecular complexity index is 621. The molecule has 1 N–H and O–H groups in total. The van der Waals surface area contributed by atoms with Crippen LogP contribution in [-0.4, -0.2) is 11.5 Å². The van der Waals surface area contributed by atoms with Crippen LogP contribution in [-0.2, 0) is 12.6 Å². The van der Waals surface area contributed by atoms with Crippen LogP contribution in [0.4, 0.5) is 18.9 Å². The number of halogens is 3. The van der Waals surface area contributed by atoms with Crippen molar-refractivity contribution < 1.29 is 13.2 Å². The van der Waals surface area contributed by atoms with Gasteiger partial charge in [0.05, 0.1) is 5.52 Å². The molecule has 1 aromatic heterocycles. The molecule has 0 aliphatic rings. The van der Waals surface area contributed by atoms with Crippen LogP contribution in [0.15, 0.2) is 24.3 Å². The second kappa shape index (κ2) is 6.33. The van der Waals surface area contributed by atoms with Gasteiger partial charge in [0.25, 0.3) is 0 Å². The Labute approximate surface area is 122 Å². The predicted octanol–water partition coefficient (Wildman–Crippen LogP) is 5.03. The van der Waals surface area contributed by atoms with Crippen molar-refractivity contribution in [2.75, 3.05) is 11.9 Å². The number of aryl methyl sites for hydroxylation is 1. The first-order chi connectivity index (χ1) is 9.95. The van der Waals surface area contributed by atoms with Crippen molar-refractivity contribution >= 4 is 16.6 Å². The van der Waals surface area contributed by atoms with Crippen LogP contribution < -0.4 is 5.32 Å². The molecule has 0 fully saturated rings. The number of alkyl halides is 3. The Hall–Kier alpha value is -1.78. The zero-order valence-electron chi connectivity index (χ0n) is 12.2. The molecule has 0 spiro atoms. The summed E-state index contributed by atoms with van der Waals surface area (Å²) in [6, 6.07) is 6.57. The molecule has 0 unspecified atom stereocenters. The lowest BCUT2D eigenvalue weighted by Crippen LogP contribution is -2.10. The highest BCUT2D eigenvalue weighted by Crippen LogP contribution is 2.33. The highest BCUT2D eigenvalue weighted by Gasteiger charge is 2.33. The average Bonchev–Trinajstić information content (AvgIpc) is 2.44. The van der Waals surface area contributed by atoms with Crippen LogP contribution in [0.3, 0.4) is 0 Å². The van der Waals surface area contributed by atoms with Crippen LogP contribution >= 0.6 is 0 Å². The Morgan fingerprint density at radius 2 is 1.90 bits per heavy atom. The molecule has 0 radical (unpaired) electrons. The molecule has 0 saturated heterocycles. The van der Waals surface area contributed by atoms with Crippen LogP contribution in [0.25, 0.3) is 10.9 Å². The Balaban J connectivity index is 2.53. The fraction of sp³-hybridized carbons (Fsp3) is 0.438. The van der Waals surface area contributed by atoms with E-state index in [2.05, 4.69) is 17.2 Å². The summed E-state index contributed by atoms with van der Waals surface area (Å²) in [5, 5.41) is 3.75. The van der Waals surface area contributed by atoms with E-state index in [1.165, 1.54) is 0 Å². The number of hydrogen-bond donors (Lipinski definition) is 1. The quantitative estimate of drug-likeness (QED) is 0.837. The first-order valence-corrected chi connectivity index (χ1v) is 7.20. The third kappa shape index (κ3) is 3.65. The molecule has 0 aliphatic carbocycles. The van der Waals surface area contributed by atoms with Gasteiger partial charge in [0.2, 0.25) is 0 Å². The number of anilines is 1. The summed E-state index contributed by atoms with van der Waals surface area (Å²) < 4.78 is 38.7. The minimum absolute atomic E-state index is 0.376. The summed E-state index contributed by atoms with van der Waals surface area (Å²) in [5.41, 5.74) is 1.14. The third-order valence-electron chi connectivity index (χ3n) is 3.35. The summed E-state index contributed by atoms with van der Waals surface area (Å²) in [6.45, 7) is 4.54. The molecule has 1 heterocycles. The monoisotopic (exact) mass is 296 g/mol. The number of nitrogens with zero attached hydrogens (tertiary/aromatic N) is 1. The smallest absolute Gasteiger partial charge is 0.385 e. The number of pyridine rings is 1. The van der Waals surface area contributed by atoms with Gasteiger partial charge in [-0.25, -0.2) is 4.98 Å². The molecule has 21 heavy (non-hydrogen) atoms. The van der Waals surface area contributed by atoms with Crippen LogP contribution in [0, 0.1) is 0 Å². The van der Waals surface area contributed by atoms with Crippen molar-refractivity contribution in [3.05, 3.63) is 35.5 Å². The Morgan fingerprint density at radius 1 is 1.14 bits per heavy atom. The van der Waals surface area contributed by atoms with Gasteiger partial charge in [0.1, 0.15) is 5.69 Å². The molecule has 114 valence electrons. The number of hydrogen-bond acceptors (Lipinski definition) is 2. The van der Waals surface area contributed by atoms with Crippen molar-refractivity contribution in [1.82, 2.24) is 4.98 Å². The van der Waals surface area contributed by atoms with Crippen molar-refractivity contribution in [2.24, 2.45) is 0 Å². The number of fused-ring (bicyclic) bond motifs is 1. The van der Waals surface area contributed by atoms with Gasteiger partial charge in [-0.1, -0.05) is 19.4 Å². The summed E-state index contributed by atoms with van der Waals surface area (Å²) in [7, 11) is 0. The molecular formula is C16H19F3N2. The zero-order chi connectivity index (χ0) is 15.5. The molecule has 5 heteroatoms. The van der Waals surface area contributed by atoms with Crippen molar-refractivity contribution in [3.8, 4) is 0 Å². The predicted molar refractivity (Wildman–Crippen MR) is 79.5 cm³/mol. The van der Waals surface area contributed by atoms with Crippen LogP contribution in [0.5, 0.6) is 0 Å². The van der Waals surface area contributed by atoms with E-state index >= 15 is 0 Å². The maximum absolute atomic E-state index is 12.9. The van der Waals surface area contributed by atoms with Crippen LogP contribution in [0.2, 0.25) is 0 Å². The molecular weight excluding hydrogens is 277 g/mol. The molecule has 2 aromatic rings. The number of nitrogens with one attached hydrogen (secondary N) is 1. The normalized spacial score (nSPS) is 11.9. The van der Waals surface area contributed by atoms with Crippen molar-refractivity contribution in [1.29, 1.82) is 0 Å². The van der Waals surface area contributed by atoms with Gasteiger partial charge in [-0.15, -0.1) is 0 Å². The lowest BCUT2D eigenvalue weighted by molar-refractivity contribution is -0.140. The summed E-state index contributed by atoms with van der Waals surface area (Å²) in [5.74, 6) is 0.